The number of methoxy groups -OCH3 is 2. The average molecular weight is 320 g/mol. The third kappa shape index (κ3) is 4.16. The van der Waals surface area contributed by atoms with Crippen molar-refractivity contribution in [1.29, 1.82) is 0 Å². The van der Waals surface area contributed by atoms with Crippen molar-refractivity contribution in [2.45, 2.75) is 37.5 Å². The van der Waals surface area contributed by atoms with Crippen molar-refractivity contribution in [3.63, 3.8) is 0 Å². The van der Waals surface area contributed by atoms with Crippen LogP contribution in [-0.2, 0) is 10.2 Å². The maximum Gasteiger partial charge on any atom is 0.233 e. The molecule has 2 rings (SSSR count). The zero-order chi connectivity index (χ0) is 16.7. The molecule has 128 valence electrons. The number of nitrogens with one attached hydrogen (secondary N) is 2. The molecule has 0 atom stereocenters. The first kappa shape index (κ1) is 17.6. The third-order valence-electron chi connectivity index (χ3n) is 4.77. The van der Waals surface area contributed by atoms with Crippen molar-refractivity contribution >= 4 is 5.91 Å². The lowest BCUT2D eigenvalue weighted by atomic mass is 9.69. The molecular formula is C18H28N2O3. The molecule has 0 radical (unpaired) electrons. The van der Waals surface area contributed by atoms with Gasteiger partial charge in [0, 0.05) is 12.0 Å². The Bertz CT molecular complexity index is 525. The highest BCUT2D eigenvalue weighted by molar-refractivity contribution is 5.78. The number of rotatable bonds is 7. The molecule has 1 aromatic rings. The van der Waals surface area contributed by atoms with Crippen molar-refractivity contribution in [2.24, 2.45) is 0 Å². The highest BCUT2D eigenvalue weighted by Crippen LogP contribution is 2.41. The molecule has 0 aliphatic heterocycles. The van der Waals surface area contributed by atoms with E-state index in [2.05, 4.69) is 22.8 Å². The standard InChI is InChI=1S/C18H28N2O3/c1-19-12-17(21)20-13-18(9-5-4-6-10-18)14-7-8-15(22-2)16(11-14)23-3/h7-8,11,19H,4-6,9-10,12-13H2,1-3H3,(H,20,21). The second-order valence-corrected chi connectivity index (χ2v) is 6.22. The van der Waals surface area contributed by atoms with Crippen molar-refractivity contribution in [1.82, 2.24) is 10.6 Å². The molecule has 1 aromatic carbocycles. The predicted molar refractivity (Wildman–Crippen MR) is 91.2 cm³/mol. The van der Waals surface area contributed by atoms with Gasteiger partial charge in [-0.25, -0.2) is 0 Å². The SMILES string of the molecule is CNCC(=O)NCC1(c2ccc(OC)c(OC)c2)CCCCC1. The number of carbonyl (C=O) groups excluding carboxylic acids is 1. The van der Waals surface area contributed by atoms with Crippen LogP contribution in [0.3, 0.4) is 0 Å². The molecule has 0 saturated heterocycles. The molecule has 2 N–H and O–H groups in total. The highest BCUT2D eigenvalue weighted by atomic mass is 16.5. The minimum absolute atomic E-state index is 0.0127. The molecule has 1 amide bonds. The van der Waals surface area contributed by atoms with Crippen molar-refractivity contribution in [2.75, 3.05) is 34.4 Å². The van der Waals surface area contributed by atoms with E-state index in [0.29, 0.717) is 13.1 Å². The molecule has 1 aliphatic carbocycles. The van der Waals surface area contributed by atoms with Gasteiger partial charge in [0.1, 0.15) is 0 Å². The van der Waals surface area contributed by atoms with Crippen LogP contribution in [0.2, 0.25) is 0 Å². The van der Waals surface area contributed by atoms with E-state index in [4.69, 9.17) is 9.47 Å². The molecule has 23 heavy (non-hydrogen) atoms. The van der Waals surface area contributed by atoms with Crippen LogP contribution in [0.1, 0.15) is 37.7 Å². The van der Waals surface area contributed by atoms with Crippen LogP contribution in [0, 0.1) is 0 Å². The zero-order valence-electron chi connectivity index (χ0n) is 14.4. The Morgan fingerprint density at radius 1 is 1.13 bits per heavy atom. The smallest absolute Gasteiger partial charge is 0.233 e. The number of hydrogen-bond acceptors (Lipinski definition) is 4. The number of hydrogen-bond donors (Lipinski definition) is 2. The van der Waals surface area contributed by atoms with Gasteiger partial charge in [0.25, 0.3) is 0 Å². The average Bonchev–Trinajstić information content (AvgIpc) is 2.60. The molecule has 5 heteroatoms. The van der Waals surface area contributed by atoms with E-state index in [9.17, 15) is 4.79 Å². The van der Waals surface area contributed by atoms with Gasteiger partial charge >= 0.3 is 0 Å². The van der Waals surface area contributed by atoms with Crippen LogP contribution < -0.4 is 20.1 Å². The summed E-state index contributed by atoms with van der Waals surface area (Å²) in [5, 5.41) is 5.98. The molecule has 1 fully saturated rings. The summed E-state index contributed by atoms with van der Waals surface area (Å²) >= 11 is 0. The quantitative estimate of drug-likeness (QED) is 0.809. The zero-order valence-corrected chi connectivity index (χ0v) is 14.4. The van der Waals surface area contributed by atoms with Crippen LogP contribution in [0.15, 0.2) is 18.2 Å². The first-order valence-corrected chi connectivity index (χ1v) is 8.29. The van der Waals surface area contributed by atoms with Gasteiger partial charge in [0.05, 0.1) is 20.8 Å². The fourth-order valence-electron chi connectivity index (χ4n) is 3.45. The van der Waals surface area contributed by atoms with E-state index >= 15 is 0 Å². The van der Waals surface area contributed by atoms with Gasteiger partial charge in [-0.1, -0.05) is 25.3 Å². The lowest BCUT2D eigenvalue weighted by Crippen LogP contribution is -2.44. The molecular weight excluding hydrogens is 292 g/mol. The summed E-state index contributed by atoms with van der Waals surface area (Å²) in [6, 6.07) is 6.13. The molecule has 0 bridgehead atoms. The fourth-order valence-corrected chi connectivity index (χ4v) is 3.45. The minimum atomic E-state index is -0.0127. The first-order valence-electron chi connectivity index (χ1n) is 8.29. The van der Waals surface area contributed by atoms with Gasteiger partial charge < -0.3 is 20.1 Å². The van der Waals surface area contributed by atoms with E-state index in [1.807, 2.05) is 6.07 Å². The minimum Gasteiger partial charge on any atom is -0.493 e. The van der Waals surface area contributed by atoms with E-state index < -0.39 is 0 Å². The maximum absolute atomic E-state index is 11.9. The van der Waals surface area contributed by atoms with Crippen LogP contribution in [0.4, 0.5) is 0 Å². The van der Waals surface area contributed by atoms with Crippen LogP contribution in [0.25, 0.3) is 0 Å². The van der Waals surface area contributed by atoms with Gasteiger partial charge in [-0.2, -0.15) is 0 Å². The van der Waals surface area contributed by atoms with Crippen molar-refractivity contribution < 1.29 is 14.3 Å². The second kappa shape index (κ2) is 8.20. The Hall–Kier alpha value is -1.75. The Kier molecular flexibility index (Phi) is 6.28. The highest BCUT2D eigenvalue weighted by Gasteiger charge is 2.34. The monoisotopic (exact) mass is 320 g/mol. The van der Waals surface area contributed by atoms with Gasteiger partial charge in [0.2, 0.25) is 5.91 Å². The van der Waals surface area contributed by atoms with Crippen molar-refractivity contribution in [3.05, 3.63) is 23.8 Å². The summed E-state index contributed by atoms with van der Waals surface area (Å²) in [6.07, 6.45) is 5.82. The van der Waals surface area contributed by atoms with E-state index in [1.165, 1.54) is 24.8 Å². The summed E-state index contributed by atoms with van der Waals surface area (Å²) in [7, 11) is 5.08. The van der Waals surface area contributed by atoms with Gasteiger partial charge in [-0.05, 0) is 37.6 Å². The number of benzene rings is 1. The fraction of sp³-hybridized carbons (Fsp3) is 0.611. The lowest BCUT2D eigenvalue weighted by molar-refractivity contribution is -0.120. The van der Waals surface area contributed by atoms with E-state index in [0.717, 1.165) is 24.3 Å². The lowest BCUT2D eigenvalue weighted by Gasteiger charge is -2.38. The van der Waals surface area contributed by atoms with Gasteiger partial charge in [-0.3, -0.25) is 4.79 Å². The van der Waals surface area contributed by atoms with Crippen LogP contribution >= 0.6 is 0 Å². The summed E-state index contributed by atoms with van der Waals surface area (Å²) < 4.78 is 10.8. The van der Waals surface area contributed by atoms with Crippen LogP contribution in [0.5, 0.6) is 11.5 Å². The molecule has 0 unspecified atom stereocenters. The number of ether oxygens (including phenoxy) is 2. The molecule has 0 heterocycles. The van der Waals surface area contributed by atoms with Crippen molar-refractivity contribution in [3.8, 4) is 11.5 Å². The summed E-state index contributed by atoms with van der Waals surface area (Å²) in [4.78, 5) is 11.9. The predicted octanol–water partition coefficient (Wildman–Crippen LogP) is 2.24. The largest absolute Gasteiger partial charge is 0.493 e. The number of amides is 1. The number of likely N-dealkylation sites (N-methyl/N-ethyl adjacent to an activating group) is 1. The Morgan fingerprint density at radius 2 is 1.83 bits per heavy atom. The summed E-state index contributed by atoms with van der Waals surface area (Å²) in [5.41, 5.74) is 1.21. The molecule has 0 aromatic heterocycles. The Morgan fingerprint density at radius 3 is 2.43 bits per heavy atom. The summed E-state index contributed by atoms with van der Waals surface area (Å²) in [6.45, 7) is 1.02. The first-order chi connectivity index (χ1) is 11.1. The van der Waals surface area contributed by atoms with Gasteiger partial charge in [0.15, 0.2) is 11.5 Å². The summed E-state index contributed by atoms with van der Waals surface area (Å²) in [5.74, 6) is 1.52. The molecule has 0 spiro atoms. The van der Waals surface area contributed by atoms with Crippen LogP contribution in [-0.4, -0.2) is 40.3 Å². The topological polar surface area (TPSA) is 59.6 Å². The third-order valence-corrected chi connectivity index (χ3v) is 4.77. The maximum atomic E-state index is 11.9. The van der Waals surface area contributed by atoms with E-state index in [-0.39, 0.29) is 11.3 Å². The Balaban J connectivity index is 2.25. The van der Waals surface area contributed by atoms with E-state index in [1.54, 1.807) is 21.3 Å². The molecule has 1 saturated carbocycles. The molecule has 1 aliphatic rings. The normalized spacial score (nSPS) is 16.7. The second-order valence-electron chi connectivity index (χ2n) is 6.22. The number of carbonyl (C=O) groups is 1. The molecule has 5 nitrogen and oxygen atoms in total. The van der Waals surface area contributed by atoms with Gasteiger partial charge in [-0.15, -0.1) is 0 Å². The Labute approximate surface area is 138 Å².